The smallest absolute Gasteiger partial charge is 0.303 e. The molecule has 0 radical (unpaired) electrons. The van der Waals surface area contributed by atoms with E-state index in [0.717, 1.165) is 5.56 Å². The molecule has 0 spiro atoms. The van der Waals surface area contributed by atoms with E-state index in [4.69, 9.17) is 17.3 Å². The Morgan fingerprint density at radius 3 is 2.76 bits per heavy atom. The topological polar surface area (TPSA) is 104 Å². The highest BCUT2D eigenvalue weighted by Crippen LogP contribution is 2.33. The van der Waals surface area contributed by atoms with E-state index in [0.29, 0.717) is 64.5 Å². The highest BCUT2D eigenvalue weighted by Gasteiger charge is 2.32. The Morgan fingerprint density at radius 2 is 2.06 bits per heavy atom. The number of thioether (sulfide) groups is 1. The molecule has 1 amide bonds. The summed E-state index contributed by atoms with van der Waals surface area (Å²) >= 11 is 6.56. The molecule has 0 aliphatic carbocycles. The van der Waals surface area contributed by atoms with E-state index in [1.807, 2.05) is 13.0 Å². The summed E-state index contributed by atoms with van der Waals surface area (Å²) in [4.78, 5) is 43.6. The van der Waals surface area contributed by atoms with Crippen LogP contribution in [-0.2, 0) is 9.59 Å². The van der Waals surface area contributed by atoms with Gasteiger partial charge in [-0.3, -0.25) is 23.7 Å². The number of aromatic nitrogens is 2. The third kappa shape index (κ3) is 6.00. The van der Waals surface area contributed by atoms with Crippen molar-refractivity contribution in [2.45, 2.75) is 46.5 Å². The number of unbranched alkanes of at least 4 members (excludes halogenated alkanes) is 2. The number of pyridine rings is 1. The van der Waals surface area contributed by atoms with Gasteiger partial charge in [0.2, 0.25) is 0 Å². The summed E-state index contributed by atoms with van der Waals surface area (Å²) in [7, 11) is 0. The van der Waals surface area contributed by atoms with E-state index >= 15 is 0 Å². The van der Waals surface area contributed by atoms with Gasteiger partial charge in [-0.2, -0.15) is 0 Å². The number of fused-ring (bicyclic) bond motifs is 1. The normalized spacial score (nSPS) is 15.3. The number of hydrogen-bond acceptors (Lipinski definition) is 7. The average molecular weight is 489 g/mol. The number of carboxylic acid groups (broad SMARTS) is 1. The van der Waals surface area contributed by atoms with Crippen LogP contribution in [-0.4, -0.2) is 48.7 Å². The van der Waals surface area contributed by atoms with Gasteiger partial charge in [-0.05, 0) is 43.4 Å². The molecule has 2 aromatic heterocycles. The van der Waals surface area contributed by atoms with Crippen molar-refractivity contribution in [1.82, 2.24) is 14.3 Å². The van der Waals surface area contributed by atoms with E-state index in [1.54, 1.807) is 18.3 Å². The number of amides is 1. The van der Waals surface area contributed by atoms with Crippen molar-refractivity contribution in [2.24, 2.45) is 5.92 Å². The fourth-order valence-electron chi connectivity index (χ4n) is 3.42. The third-order valence-electron chi connectivity index (χ3n) is 5.18. The van der Waals surface area contributed by atoms with Gasteiger partial charge in [-0.25, -0.2) is 4.98 Å². The molecule has 2 aromatic rings. The number of aliphatic carboxylic acids is 1. The van der Waals surface area contributed by atoms with Gasteiger partial charge in [0.1, 0.15) is 15.8 Å². The molecule has 3 heterocycles. The van der Waals surface area contributed by atoms with Gasteiger partial charge >= 0.3 is 5.97 Å². The molecule has 0 aromatic carbocycles. The minimum absolute atomic E-state index is 0.114. The largest absolute Gasteiger partial charge is 0.481 e. The maximum atomic E-state index is 13.3. The number of aryl methyl sites for hydroxylation is 1. The predicted octanol–water partition coefficient (Wildman–Crippen LogP) is 3.92. The van der Waals surface area contributed by atoms with Crippen LogP contribution < -0.4 is 10.9 Å². The van der Waals surface area contributed by atoms with Gasteiger partial charge in [0.05, 0.1) is 10.5 Å². The van der Waals surface area contributed by atoms with Crippen molar-refractivity contribution in [3.05, 3.63) is 44.7 Å². The summed E-state index contributed by atoms with van der Waals surface area (Å²) in [5.41, 5.74) is 1.51. The minimum Gasteiger partial charge on any atom is -0.481 e. The van der Waals surface area contributed by atoms with Crippen molar-refractivity contribution in [2.75, 3.05) is 18.4 Å². The second-order valence-electron chi connectivity index (χ2n) is 8.38. The Balaban J connectivity index is 1.89. The summed E-state index contributed by atoms with van der Waals surface area (Å²) in [5, 5.41) is 12.0. The molecule has 1 fully saturated rings. The quantitative estimate of drug-likeness (QED) is 0.295. The first-order valence-electron chi connectivity index (χ1n) is 10.9. The van der Waals surface area contributed by atoms with Crippen LogP contribution in [0.4, 0.5) is 5.82 Å². The Hall–Kier alpha value is -2.72. The van der Waals surface area contributed by atoms with Crippen LogP contribution >= 0.6 is 24.0 Å². The lowest BCUT2D eigenvalue weighted by atomic mass is 10.2. The molecule has 10 heteroatoms. The molecule has 33 heavy (non-hydrogen) atoms. The van der Waals surface area contributed by atoms with Crippen LogP contribution in [0.15, 0.2) is 28.0 Å². The van der Waals surface area contributed by atoms with Gasteiger partial charge in [-0.15, -0.1) is 0 Å². The molecule has 1 aliphatic heterocycles. The first kappa shape index (κ1) is 24.9. The first-order chi connectivity index (χ1) is 15.7. The SMILES string of the molecule is Cc1cccn2c(=O)c(/C=C3/SC(=S)N(CCCCCC(=O)O)C3=O)c(NCC(C)C)nc12. The lowest BCUT2D eigenvalue weighted by Gasteiger charge is -2.14. The standard InChI is InChI=1S/C23H28N4O4S2/c1-14(2)13-24-19-16(21(30)26-11-7-8-15(3)20(26)25-19)12-17-22(31)27(23(32)33-17)10-6-4-5-9-18(28)29/h7-8,11-12,14,24H,4-6,9-10,13H2,1-3H3,(H,28,29)/b17-12+. The van der Waals surface area contributed by atoms with E-state index in [9.17, 15) is 14.4 Å². The molecular weight excluding hydrogens is 460 g/mol. The fourth-order valence-corrected chi connectivity index (χ4v) is 4.71. The Bertz CT molecular complexity index is 1170. The number of carbonyl (C=O) groups is 2. The van der Waals surface area contributed by atoms with E-state index in [-0.39, 0.29) is 17.9 Å². The fraction of sp³-hybridized carbons (Fsp3) is 0.435. The Morgan fingerprint density at radius 1 is 1.30 bits per heavy atom. The van der Waals surface area contributed by atoms with Crippen molar-refractivity contribution in [3.8, 4) is 0 Å². The van der Waals surface area contributed by atoms with Crippen molar-refractivity contribution in [3.63, 3.8) is 0 Å². The number of carbonyl (C=O) groups excluding carboxylic acids is 1. The van der Waals surface area contributed by atoms with Gasteiger partial charge in [0.15, 0.2) is 0 Å². The van der Waals surface area contributed by atoms with Crippen LogP contribution in [0.1, 0.15) is 50.7 Å². The summed E-state index contributed by atoms with van der Waals surface area (Å²) < 4.78 is 1.93. The number of carboxylic acids is 1. The highest BCUT2D eigenvalue weighted by molar-refractivity contribution is 8.26. The molecule has 3 rings (SSSR count). The van der Waals surface area contributed by atoms with E-state index in [2.05, 4.69) is 24.1 Å². The average Bonchev–Trinajstić information content (AvgIpc) is 3.01. The maximum Gasteiger partial charge on any atom is 0.303 e. The molecule has 8 nitrogen and oxygen atoms in total. The molecular formula is C23H28N4O4S2. The Labute approximate surface area is 202 Å². The molecule has 1 aliphatic rings. The van der Waals surface area contributed by atoms with E-state index in [1.165, 1.54) is 21.1 Å². The molecule has 0 bridgehead atoms. The van der Waals surface area contributed by atoms with Crippen molar-refractivity contribution < 1.29 is 14.7 Å². The summed E-state index contributed by atoms with van der Waals surface area (Å²) in [6.07, 6.45) is 5.28. The van der Waals surface area contributed by atoms with E-state index < -0.39 is 5.97 Å². The first-order valence-corrected chi connectivity index (χ1v) is 12.1. The number of nitrogens with zero attached hydrogens (tertiary/aromatic N) is 3. The summed E-state index contributed by atoms with van der Waals surface area (Å²) in [5.74, 6) is -0.279. The monoisotopic (exact) mass is 488 g/mol. The summed E-state index contributed by atoms with van der Waals surface area (Å²) in [6, 6.07) is 3.69. The third-order valence-corrected chi connectivity index (χ3v) is 6.56. The zero-order valence-corrected chi connectivity index (χ0v) is 20.6. The number of nitrogens with one attached hydrogen (secondary N) is 1. The molecule has 0 unspecified atom stereocenters. The van der Waals surface area contributed by atoms with Crippen molar-refractivity contribution >= 4 is 57.7 Å². The van der Waals surface area contributed by atoms with Crippen LogP contribution in [0.5, 0.6) is 0 Å². The molecule has 0 saturated carbocycles. The Kier molecular flexibility index (Phi) is 8.25. The van der Waals surface area contributed by atoms with Crippen LogP contribution in [0.25, 0.3) is 11.7 Å². The lowest BCUT2D eigenvalue weighted by molar-refractivity contribution is -0.137. The zero-order valence-electron chi connectivity index (χ0n) is 19.0. The molecule has 2 N–H and O–H groups in total. The number of anilines is 1. The zero-order chi connectivity index (χ0) is 24.1. The van der Waals surface area contributed by atoms with Gasteiger partial charge in [0.25, 0.3) is 11.5 Å². The van der Waals surface area contributed by atoms with Crippen LogP contribution in [0.2, 0.25) is 0 Å². The maximum absolute atomic E-state index is 13.3. The second-order valence-corrected chi connectivity index (χ2v) is 10.1. The second kappa shape index (κ2) is 10.9. The predicted molar refractivity (Wildman–Crippen MR) is 136 cm³/mol. The van der Waals surface area contributed by atoms with Gasteiger partial charge in [0, 0.05) is 25.7 Å². The van der Waals surface area contributed by atoms with Crippen molar-refractivity contribution in [1.29, 1.82) is 0 Å². The summed E-state index contributed by atoms with van der Waals surface area (Å²) in [6.45, 7) is 7.08. The highest BCUT2D eigenvalue weighted by atomic mass is 32.2. The molecule has 1 saturated heterocycles. The number of rotatable bonds is 10. The van der Waals surface area contributed by atoms with Gasteiger partial charge in [-0.1, -0.05) is 50.3 Å². The molecule has 176 valence electrons. The number of thiocarbonyl (C=S) groups is 1. The minimum atomic E-state index is -0.823. The van der Waals surface area contributed by atoms with Crippen LogP contribution in [0.3, 0.4) is 0 Å². The van der Waals surface area contributed by atoms with Crippen LogP contribution in [0, 0.1) is 12.8 Å². The lowest BCUT2D eigenvalue weighted by Crippen LogP contribution is -2.29. The van der Waals surface area contributed by atoms with Gasteiger partial charge < -0.3 is 10.4 Å². The molecule has 0 atom stereocenters. The number of hydrogen-bond donors (Lipinski definition) is 2.